The number of fused-ring (bicyclic) bond motifs is 5. The average Bonchev–Trinajstić information content (AvgIpc) is 2.80. The number of rotatable bonds is 1. The number of carboxylic acid groups (broad SMARTS) is 1. The quantitative estimate of drug-likeness (QED) is 0.632. The van der Waals surface area contributed by atoms with E-state index < -0.39 is 23.1 Å². The Kier molecular flexibility index (Phi) is 3.42. The van der Waals surface area contributed by atoms with E-state index in [1.54, 1.807) is 6.08 Å². The molecule has 0 saturated heterocycles. The number of aliphatic carboxylic acids is 1. The summed E-state index contributed by atoms with van der Waals surface area (Å²) in [5.41, 5.74) is -1.88. The van der Waals surface area contributed by atoms with Gasteiger partial charge in [-0.05, 0) is 43.6 Å². The van der Waals surface area contributed by atoms with Gasteiger partial charge in [0.1, 0.15) is 0 Å². The van der Waals surface area contributed by atoms with Gasteiger partial charge in [-0.1, -0.05) is 31.6 Å². The minimum absolute atomic E-state index is 0.0360. The third-order valence-electron chi connectivity index (χ3n) is 7.96. The average molecular weight is 346 g/mol. The van der Waals surface area contributed by atoms with Gasteiger partial charge in [0.15, 0.2) is 11.4 Å². The summed E-state index contributed by atoms with van der Waals surface area (Å²) < 4.78 is 0. The summed E-state index contributed by atoms with van der Waals surface area (Å²) in [6, 6.07) is 0. The Morgan fingerprint density at radius 1 is 1.32 bits per heavy atom. The summed E-state index contributed by atoms with van der Waals surface area (Å²) >= 11 is 0. The smallest absolute Gasteiger partial charge is 0.336 e. The Bertz CT molecular complexity index is 709. The van der Waals surface area contributed by atoms with Crippen LogP contribution >= 0.6 is 0 Å². The van der Waals surface area contributed by atoms with Gasteiger partial charge in [0, 0.05) is 23.2 Å². The van der Waals surface area contributed by atoms with Crippen molar-refractivity contribution in [2.75, 3.05) is 0 Å². The molecule has 4 rings (SSSR count). The maximum absolute atomic E-state index is 11.8. The van der Waals surface area contributed by atoms with Crippen LogP contribution in [-0.2, 0) is 9.59 Å². The molecule has 2 saturated carbocycles. The summed E-state index contributed by atoms with van der Waals surface area (Å²) in [5.74, 6) is -0.939. The Morgan fingerprint density at radius 3 is 2.72 bits per heavy atom. The van der Waals surface area contributed by atoms with Crippen LogP contribution in [0.2, 0.25) is 0 Å². The predicted molar refractivity (Wildman–Crippen MR) is 90.6 cm³/mol. The molecule has 0 spiro atoms. The third kappa shape index (κ3) is 1.97. The molecular weight excluding hydrogens is 320 g/mol. The molecule has 0 heterocycles. The minimum atomic E-state index is -1.77. The number of hydrogen-bond acceptors (Lipinski definition) is 4. The first-order valence-corrected chi connectivity index (χ1v) is 9.19. The van der Waals surface area contributed by atoms with Crippen molar-refractivity contribution in [2.24, 2.45) is 28.6 Å². The molecular formula is C20H26O5. The standard InChI is InChI=1S/C20H26O5/c1-18-7-5-12(21)9-11(18)3-4-13-14-6-8-20(25,17(23)24)19(14,2)10-15(22)16(13)18/h3,5,7,13-16,22,25H,4,6,8-10H2,1-2H3,(H,23,24)/t13?,14?,15?,16?,18?,19?,20-/m0/s1. The maximum atomic E-state index is 11.8. The van der Waals surface area contributed by atoms with Crippen molar-refractivity contribution in [1.29, 1.82) is 0 Å². The largest absolute Gasteiger partial charge is 0.479 e. The fourth-order valence-corrected chi connectivity index (χ4v) is 6.59. The van der Waals surface area contributed by atoms with Gasteiger partial charge in [-0.25, -0.2) is 4.79 Å². The van der Waals surface area contributed by atoms with Gasteiger partial charge in [0.05, 0.1) is 6.10 Å². The molecule has 136 valence electrons. The molecule has 4 aliphatic rings. The van der Waals surface area contributed by atoms with Gasteiger partial charge < -0.3 is 15.3 Å². The SMILES string of the molecule is CC12C=CC(=O)CC1=CCC1C2C(O)CC2(C)C1CC[C@]2(O)C(=O)O. The molecule has 2 fully saturated rings. The number of aliphatic hydroxyl groups excluding tert-OH is 1. The molecule has 5 heteroatoms. The molecule has 5 nitrogen and oxygen atoms in total. The molecule has 0 bridgehead atoms. The van der Waals surface area contributed by atoms with Gasteiger partial charge >= 0.3 is 5.97 Å². The number of hydrogen-bond donors (Lipinski definition) is 3. The first-order chi connectivity index (χ1) is 11.6. The first kappa shape index (κ1) is 17.0. The van der Waals surface area contributed by atoms with Gasteiger partial charge in [0.25, 0.3) is 0 Å². The van der Waals surface area contributed by atoms with E-state index >= 15 is 0 Å². The first-order valence-electron chi connectivity index (χ1n) is 9.19. The van der Waals surface area contributed by atoms with Crippen LogP contribution in [-0.4, -0.2) is 38.8 Å². The van der Waals surface area contributed by atoms with Gasteiger partial charge in [-0.15, -0.1) is 0 Å². The minimum Gasteiger partial charge on any atom is -0.479 e. The fourth-order valence-electron chi connectivity index (χ4n) is 6.59. The summed E-state index contributed by atoms with van der Waals surface area (Å²) in [6.07, 6.45) is 7.32. The van der Waals surface area contributed by atoms with E-state index in [1.165, 1.54) is 0 Å². The molecule has 7 atom stereocenters. The molecule has 0 aromatic carbocycles. The van der Waals surface area contributed by atoms with E-state index in [9.17, 15) is 24.9 Å². The highest BCUT2D eigenvalue weighted by atomic mass is 16.4. The monoisotopic (exact) mass is 346 g/mol. The lowest BCUT2D eigenvalue weighted by atomic mass is 9.47. The van der Waals surface area contributed by atoms with Crippen LogP contribution in [0.4, 0.5) is 0 Å². The molecule has 25 heavy (non-hydrogen) atoms. The molecule has 0 aromatic rings. The van der Waals surface area contributed by atoms with Crippen LogP contribution in [0.15, 0.2) is 23.8 Å². The molecule has 0 aromatic heterocycles. The zero-order chi connectivity index (χ0) is 18.2. The Labute approximate surface area is 147 Å². The Morgan fingerprint density at radius 2 is 2.04 bits per heavy atom. The van der Waals surface area contributed by atoms with Crippen molar-refractivity contribution in [3.8, 4) is 0 Å². The Balaban J connectivity index is 1.78. The lowest BCUT2D eigenvalue weighted by molar-refractivity contribution is -0.190. The van der Waals surface area contributed by atoms with E-state index in [1.807, 2.05) is 13.0 Å². The summed E-state index contributed by atoms with van der Waals surface area (Å²) in [4.78, 5) is 23.6. The molecule has 0 amide bonds. The molecule has 3 N–H and O–H groups in total. The summed E-state index contributed by atoms with van der Waals surface area (Å²) in [7, 11) is 0. The zero-order valence-electron chi connectivity index (χ0n) is 14.7. The van der Waals surface area contributed by atoms with Crippen molar-refractivity contribution in [3.63, 3.8) is 0 Å². The second-order valence-corrected chi connectivity index (χ2v) is 8.91. The van der Waals surface area contributed by atoms with Crippen molar-refractivity contribution in [2.45, 2.75) is 57.7 Å². The van der Waals surface area contributed by atoms with Crippen LogP contribution in [0.5, 0.6) is 0 Å². The van der Waals surface area contributed by atoms with Crippen LogP contribution in [0, 0.1) is 28.6 Å². The highest BCUT2D eigenvalue weighted by Gasteiger charge is 2.68. The number of allylic oxidation sites excluding steroid dienone is 4. The van der Waals surface area contributed by atoms with E-state index in [-0.39, 0.29) is 41.8 Å². The second-order valence-electron chi connectivity index (χ2n) is 8.91. The number of aliphatic hydroxyl groups is 2. The number of carboxylic acids is 1. The van der Waals surface area contributed by atoms with Gasteiger partial charge in [0.2, 0.25) is 0 Å². The second kappa shape index (κ2) is 5.04. The molecule has 0 aliphatic heterocycles. The number of ketones is 1. The zero-order valence-corrected chi connectivity index (χ0v) is 14.7. The lowest BCUT2D eigenvalue weighted by Crippen LogP contribution is -2.61. The summed E-state index contributed by atoms with van der Waals surface area (Å²) in [6.45, 7) is 3.92. The summed E-state index contributed by atoms with van der Waals surface area (Å²) in [5, 5.41) is 31.6. The van der Waals surface area contributed by atoms with Crippen molar-refractivity contribution in [1.82, 2.24) is 0 Å². The van der Waals surface area contributed by atoms with Crippen molar-refractivity contribution >= 4 is 11.8 Å². The molecule has 6 unspecified atom stereocenters. The lowest BCUT2D eigenvalue weighted by Gasteiger charge is -2.58. The van der Waals surface area contributed by atoms with Crippen molar-refractivity contribution in [3.05, 3.63) is 23.8 Å². The highest BCUT2D eigenvalue weighted by Crippen LogP contribution is 2.66. The predicted octanol–water partition coefficient (Wildman–Crippen LogP) is 2.08. The molecule has 0 radical (unpaired) electrons. The van der Waals surface area contributed by atoms with E-state index in [0.717, 1.165) is 12.0 Å². The normalized spacial score (nSPS) is 51.4. The van der Waals surface area contributed by atoms with Crippen LogP contribution in [0.1, 0.15) is 46.0 Å². The van der Waals surface area contributed by atoms with Crippen LogP contribution < -0.4 is 0 Å². The van der Waals surface area contributed by atoms with Crippen LogP contribution in [0.25, 0.3) is 0 Å². The van der Waals surface area contributed by atoms with E-state index in [2.05, 4.69) is 13.0 Å². The third-order valence-corrected chi connectivity index (χ3v) is 7.96. The van der Waals surface area contributed by atoms with E-state index in [4.69, 9.17) is 0 Å². The van der Waals surface area contributed by atoms with E-state index in [0.29, 0.717) is 12.8 Å². The van der Waals surface area contributed by atoms with Gasteiger partial charge in [-0.3, -0.25) is 4.79 Å². The van der Waals surface area contributed by atoms with Crippen molar-refractivity contribution < 1.29 is 24.9 Å². The highest BCUT2D eigenvalue weighted by molar-refractivity contribution is 5.93. The fraction of sp³-hybridized carbons (Fsp3) is 0.700. The molecule has 4 aliphatic carbocycles. The number of carbonyl (C=O) groups is 2. The number of carbonyl (C=O) groups excluding carboxylic acids is 1. The Hall–Kier alpha value is -1.46. The van der Waals surface area contributed by atoms with Gasteiger partial charge in [-0.2, -0.15) is 0 Å². The maximum Gasteiger partial charge on any atom is 0.336 e. The van der Waals surface area contributed by atoms with Crippen LogP contribution in [0.3, 0.4) is 0 Å². The topological polar surface area (TPSA) is 94.8 Å².